The summed E-state index contributed by atoms with van der Waals surface area (Å²) >= 11 is 0. The van der Waals surface area contributed by atoms with E-state index < -0.39 is 12.1 Å². The molecule has 0 bridgehead atoms. The highest BCUT2D eigenvalue weighted by Crippen LogP contribution is 2.29. The predicted octanol–water partition coefficient (Wildman–Crippen LogP) is 1.98. The van der Waals surface area contributed by atoms with Gasteiger partial charge in [0.15, 0.2) is 0 Å². The molecule has 2 aromatic rings. The van der Waals surface area contributed by atoms with Gasteiger partial charge in [-0.1, -0.05) is 0 Å². The van der Waals surface area contributed by atoms with Gasteiger partial charge < -0.3 is 19.9 Å². The summed E-state index contributed by atoms with van der Waals surface area (Å²) in [6.45, 7) is 1.25. The van der Waals surface area contributed by atoms with Gasteiger partial charge in [0, 0.05) is 25.2 Å². The van der Waals surface area contributed by atoms with Crippen molar-refractivity contribution >= 4 is 5.97 Å². The second-order valence-electron chi connectivity index (χ2n) is 7.52. The molecule has 2 heterocycles. The molecule has 0 aromatic carbocycles. The average molecular weight is 359 g/mol. The molecule has 0 spiro atoms. The fourth-order valence-electron chi connectivity index (χ4n) is 4.20. The number of carboxylic acid groups (broad SMARTS) is 1. The summed E-state index contributed by atoms with van der Waals surface area (Å²) in [6, 6.07) is 2.17. The molecule has 140 valence electrons. The zero-order chi connectivity index (χ0) is 18.1. The first-order valence-corrected chi connectivity index (χ1v) is 9.36. The lowest BCUT2D eigenvalue weighted by Gasteiger charge is -2.15. The van der Waals surface area contributed by atoms with Gasteiger partial charge in [-0.25, -0.2) is 4.79 Å². The standard InChI is InChI=1S/C19H25N3O4/c23-17-6-12(10-22-11-14(8-21-22)19(24)25)5-16(17)20-9-15-7-13-3-1-2-4-18(13)26-15/h7-8,11-12,16-17,20,23H,1-6,9-10H2,(H,24,25)/t12?,16-,17-/m1/s1. The summed E-state index contributed by atoms with van der Waals surface area (Å²) in [5.74, 6) is 1.38. The van der Waals surface area contributed by atoms with Crippen LogP contribution in [-0.4, -0.2) is 38.1 Å². The number of aromatic carboxylic acids is 1. The summed E-state index contributed by atoms with van der Waals surface area (Å²) in [4.78, 5) is 10.9. The first-order valence-electron chi connectivity index (χ1n) is 9.36. The number of furan rings is 1. The second kappa shape index (κ2) is 7.25. The lowest BCUT2D eigenvalue weighted by atomic mass is 9.99. The smallest absolute Gasteiger partial charge is 0.338 e. The van der Waals surface area contributed by atoms with Gasteiger partial charge in [0.1, 0.15) is 11.5 Å². The van der Waals surface area contributed by atoms with E-state index in [0.717, 1.165) is 30.8 Å². The second-order valence-corrected chi connectivity index (χ2v) is 7.52. The molecule has 3 atom stereocenters. The zero-order valence-corrected chi connectivity index (χ0v) is 14.7. The highest BCUT2D eigenvalue weighted by molar-refractivity contribution is 5.86. The van der Waals surface area contributed by atoms with Crippen LogP contribution in [0.5, 0.6) is 0 Å². The molecular formula is C19H25N3O4. The molecule has 7 nitrogen and oxygen atoms in total. The lowest BCUT2D eigenvalue weighted by molar-refractivity contribution is 0.0696. The van der Waals surface area contributed by atoms with Gasteiger partial charge in [0.05, 0.1) is 24.4 Å². The Labute approximate surface area is 152 Å². The van der Waals surface area contributed by atoms with E-state index in [0.29, 0.717) is 19.5 Å². The van der Waals surface area contributed by atoms with Crippen molar-refractivity contribution in [3.05, 3.63) is 41.1 Å². The number of hydrogen-bond acceptors (Lipinski definition) is 5. The summed E-state index contributed by atoms with van der Waals surface area (Å²) in [5, 5.41) is 26.9. The number of aromatic nitrogens is 2. The summed E-state index contributed by atoms with van der Waals surface area (Å²) in [7, 11) is 0. The third kappa shape index (κ3) is 3.68. The minimum Gasteiger partial charge on any atom is -0.478 e. The molecule has 2 aliphatic rings. The molecule has 0 radical (unpaired) electrons. The topological polar surface area (TPSA) is 101 Å². The van der Waals surface area contributed by atoms with Gasteiger partial charge in [0.25, 0.3) is 0 Å². The highest BCUT2D eigenvalue weighted by Gasteiger charge is 2.33. The van der Waals surface area contributed by atoms with Crippen molar-refractivity contribution in [2.75, 3.05) is 0 Å². The van der Waals surface area contributed by atoms with Crippen LogP contribution in [0.25, 0.3) is 0 Å². The quantitative estimate of drug-likeness (QED) is 0.729. The maximum atomic E-state index is 10.9. The largest absolute Gasteiger partial charge is 0.478 e. The Bertz CT molecular complexity index is 758. The van der Waals surface area contributed by atoms with Crippen LogP contribution in [0.2, 0.25) is 0 Å². The summed E-state index contributed by atoms with van der Waals surface area (Å²) in [6.07, 6.45) is 8.61. The molecule has 0 amide bonds. The molecule has 1 unspecified atom stereocenters. The third-order valence-corrected chi connectivity index (χ3v) is 5.54. The molecule has 0 saturated heterocycles. The monoisotopic (exact) mass is 359 g/mol. The van der Waals surface area contributed by atoms with Crippen LogP contribution in [0.3, 0.4) is 0 Å². The molecule has 26 heavy (non-hydrogen) atoms. The predicted molar refractivity (Wildman–Crippen MR) is 93.9 cm³/mol. The van der Waals surface area contributed by atoms with Gasteiger partial charge >= 0.3 is 5.97 Å². The first-order chi connectivity index (χ1) is 12.6. The van der Waals surface area contributed by atoms with E-state index in [-0.39, 0.29) is 17.5 Å². The molecule has 3 N–H and O–H groups in total. The van der Waals surface area contributed by atoms with Crippen LogP contribution in [0.1, 0.15) is 53.1 Å². The van der Waals surface area contributed by atoms with Crippen LogP contribution in [0.15, 0.2) is 22.9 Å². The van der Waals surface area contributed by atoms with E-state index in [4.69, 9.17) is 9.52 Å². The summed E-state index contributed by atoms with van der Waals surface area (Å²) in [5.41, 5.74) is 1.53. The number of carbonyl (C=O) groups is 1. The van der Waals surface area contributed by atoms with Gasteiger partial charge in [0.2, 0.25) is 0 Å². The van der Waals surface area contributed by atoms with Crippen LogP contribution in [-0.2, 0) is 25.9 Å². The Hall–Kier alpha value is -2.12. The third-order valence-electron chi connectivity index (χ3n) is 5.54. The zero-order valence-electron chi connectivity index (χ0n) is 14.7. The molecule has 7 heteroatoms. The van der Waals surface area contributed by atoms with E-state index in [1.165, 1.54) is 24.6 Å². The molecule has 1 fully saturated rings. The van der Waals surface area contributed by atoms with Crippen molar-refractivity contribution in [1.29, 1.82) is 0 Å². The van der Waals surface area contributed by atoms with Crippen molar-refractivity contribution < 1.29 is 19.4 Å². The minimum absolute atomic E-state index is 0.0247. The number of hydrogen-bond donors (Lipinski definition) is 3. The Kier molecular flexibility index (Phi) is 4.82. The van der Waals surface area contributed by atoms with Crippen LogP contribution in [0.4, 0.5) is 0 Å². The Morgan fingerprint density at radius 3 is 2.96 bits per heavy atom. The van der Waals surface area contributed by atoms with E-state index >= 15 is 0 Å². The molecule has 4 rings (SSSR count). The van der Waals surface area contributed by atoms with Gasteiger partial charge in [-0.3, -0.25) is 4.68 Å². The van der Waals surface area contributed by atoms with Crippen LogP contribution in [0, 0.1) is 5.92 Å². The van der Waals surface area contributed by atoms with Gasteiger partial charge in [-0.15, -0.1) is 0 Å². The fourth-order valence-corrected chi connectivity index (χ4v) is 4.20. The SMILES string of the molecule is O=C(O)c1cnn(CC2C[C@@H](O)[C@H](NCc3cc4c(o3)CCCC4)C2)c1. The number of nitrogens with zero attached hydrogens (tertiary/aromatic N) is 2. The van der Waals surface area contributed by atoms with E-state index in [1.54, 1.807) is 10.9 Å². The molecule has 0 aliphatic heterocycles. The maximum absolute atomic E-state index is 10.9. The minimum atomic E-state index is -0.969. The highest BCUT2D eigenvalue weighted by atomic mass is 16.4. The number of aliphatic hydroxyl groups is 1. The number of rotatable bonds is 6. The molecule has 1 saturated carbocycles. The number of aryl methyl sites for hydroxylation is 2. The van der Waals surface area contributed by atoms with Crippen molar-refractivity contribution in [3.8, 4) is 0 Å². The summed E-state index contributed by atoms with van der Waals surface area (Å²) < 4.78 is 7.59. The Morgan fingerprint density at radius 2 is 2.19 bits per heavy atom. The van der Waals surface area contributed by atoms with Gasteiger partial charge in [-0.05, 0) is 49.7 Å². The average Bonchev–Trinajstić information content (AvgIpc) is 3.31. The van der Waals surface area contributed by atoms with E-state index in [9.17, 15) is 9.90 Å². The van der Waals surface area contributed by atoms with E-state index in [1.807, 2.05) is 0 Å². The lowest BCUT2D eigenvalue weighted by Crippen LogP contribution is -2.35. The Balaban J connectivity index is 1.30. The van der Waals surface area contributed by atoms with Crippen LogP contribution < -0.4 is 5.32 Å². The van der Waals surface area contributed by atoms with Crippen molar-refractivity contribution in [2.45, 2.75) is 63.8 Å². The van der Waals surface area contributed by atoms with E-state index in [2.05, 4.69) is 16.5 Å². The number of nitrogens with one attached hydrogen (secondary N) is 1. The molecule has 2 aromatic heterocycles. The number of aliphatic hydroxyl groups excluding tert-OH is 1. The Morgan fingerprint density at radius 1 is 1.35 bits per heavy atom. The van der Waals surface area contributed by atoms with Crippen LogP contribution >= 0.6 is 0 Å². The molecule has 2 aliphatic carbocycles. The van der Waals surface area contributed by atoms with Crippen molar-refractivity contribution in [2.24, 2.45) is 5.92 Å². The van der Waals surface area contributed by atoms with Gasteiger partial charge in [-0.2, -0.15) is 5.10 Å². The van der Waals surface area contributed by atoms with Crippen molar-refractivity contribution in [3.63, 3.8) is 0 Å². The normalized spacial score (nSPS) is 25.3. The first kappa shape index (κ1) is 17.3. The fraction of sp³-hybridized carbons (Fsp3) is 0.579. The number of carboxylic acids is 1. The van der Waals surface area contributed by atoms with Crippen molar-refractivity contribution in [1.82, 2.24) is 15.1 Å². The maximum Gasteiger partial charge on any atom is 0.338 e. The number of fused-ring (bicyclic) bond motifs is 1. The molecular weight excluding hydrogens is 334 g/mol.